The van der Waals surface area contributed by atoms with Gasteiger partial charge in [0, 0.05) is 52.0 Å². The molecular weight excluding hydrogens is 348 g/mol. The molecule has 2 aromatic rings. The van der Waals surface area contributed by atoms with Gasteiger partial charge in [-0.2, -0.15) is 0 Å². The molecule has 0 N–H and O–H groups in total. The van der Waals surface area contributed by atoms with Crippen molar-refractivity contribution in [2.45, 2.75) is 13.8 Å². The SMILES string of the molecule is CCN(CC)C(=O)c1cncc(N2CCN(C/C=C/c3ccccc3)CC2)c1. The van der Waals surface area contributed by atoms with Crippen LogP contribution in [0, 0.1) is 0 Å². The molecule has 148 valence electrons. The van der Waals surface area contributed by atoms with Gasteiger partial charge in [-0.25, -0.2) is 0 Å². The lowest BCUT2D eigenvalue weighted by Crippen LogP contribution is -2.46. The zero-order valence-electron chi connectivity index (χ0n) is 16.9. The molecule has 1 aromatic heterocycles. The van der Waals surface area contributed by atoms with Crippen LogP contribution in [-0.2, 0) is 0 Å². The van der Waals surface area contributed by atoms with Crippen LogP contribution >= 0.6 is 0 Å². The Labute approximate surface area is 168 Å². The highest BCUT2D eigenvalue weighted by Crippen LogP contribution is 2.18. The van der Waals surface area contributed by atoms with Gasteiger partial charge in [-0.1, -0.05) is 42.5 Å². The van der Waals surface area contributed by atoms with Crippen molar-refractivity contribution in [1.29, 1.82) is 0 Å². The van der Waals surface area contributed by atoms with Crippen molar-refractivity contribution < 1.29 is 4.79 Å². The minimum atomic E-state index is 0.0593. The maximum atomic E-state index is 12.6. The number of carbonyl (C=O) groups excluding carboxylic acids is 1. The van der Waals surface area contributed by atoms with Crippen LogP contribution in [0.25, 0.3) is 6.08 Å². The van der Waals surface area contributed by atoms with Crippen LogP contribution in [0.1, 0.15) is 29.8 Å². The standard InChI is InChI=1S/C23H30N4O/c1-3-26(4-2)23(28)21-17-22(19-24-18-21)27-15-13-25(14-16-27)12-8-11-20-9-6-5-7-10-20/h5-11,17-19H,3-4,12-16H2,1-2H3/b11-8+. The van der Waals surface area contributed by atoms with E-state index in [1.807, 2.05) is 37.1 Å². The number of pyridine rings is 1. The number of amides is 1. The zero-order chi connectivity index (χ0) is 19.8. The van der Waals surface area contributed by atoms with E-state index in [1.165, 1.54) is 5.56 Å². The van der Waals surface area contributed by atoms with Gasteiger partial charge in [0.15, 0.2) is 0 Å². The summed E-state index contributed by atoms with van der Waals surface area (Å²) in [5.74, 6) is 0.0593. The van der Waals surface area contributed by atoms with E-state index in [4.69, 9.17) is 0 Å². The molecule has 0 unspecified atom stereocenters. The number of hydrogen-bond donors (Lipinski definition) is 0. The zero-order valence-corrected chi connectivity index (χ0v) is 16.9. The number of rotatable bonds is 7. The Kier molecular flexibility index (Phi) is 7.20. The lowest BCUT2D eigenvalue weighted by atomic mass is 10.2. The Bertz CT molecular complexity index is 778. The van der Waals surface area contributed by atoms with E-state index in [9.17, 15) is 4.79 Å². The van der Waals surface area contributed by atoms with Crippen molar-refractivity contribution in [2.24, 2.45) is 0 Å². The van der Waals surface area contributed by atoms with Crippen molar-refractivity contribution in [1.82, 2.24) is 14.8 Å². The predicted molar refractivity (Wildman–Crippen MR) is 116 cm³/mol. The average molecular weight is 379 g/mol. The summed E-state index contributed by atoms with van der Waals surface area (Å²) in [5.41, 5.74) is 2.95. The molecule has 5 heteroatoms. The third kappa shape index (κ3) is 5.20. The van der Waals surface area contributed by atoms with Gasteiger partial charge >= 0.3 is 0 Å². The Hall–Kier alpha value is -2.66. The first-order valence-electron chi connectivity index (χ1n) is 10.1. The van der Waals surface area contributed by atoms with Crippen molar-refractivity contribution in [3.63, 3.8) is 0 Å². The number of piperazine rings is 1. The molecule has 0 saturated carbocycles. The molecule has 0 aliphatic carbocycles. The number of carbonyl (C=O) groups is 1. The van der Waals surface area contributed by atoms with Crippen LogP contribution in [0.15, 0.2) is 54.9 Å². The summed E-state index contributed by atoms with van der Waals surface area (Å²) < 4.78 is 0. The Morgan fingerprint density at radius 2 is 1.79 bits per heavy atom. The minimum absolute atomic E-state index is 0.0593. The summed E-state index contributed by atoms with van der Waals surface area (Å²) in [4.78, 5) is 23.5. The Morgan fingerprint density at radius 1 is 1.07 bits per heavy atom. The first-order chi connectivity index (χ1) is 13.7. The van der Waals surface area contributed by atoms with Gasteiger partial charge in [-0.15, -0.1) is 0 Å². The quantitative estimate of drug-likeness (QED) is 0.740. The Morgan fingerprint density at radius 3 is 2.46 bits per heavy atom. The number of benzene rings is 1. The third-order valence-corrected chi connectivity index (χ3v) is 5.23. The molecule has 1 aliphatic rings. The first-order valence-corrected chi connectivity index (χ1v) is 10.1. The lowest BCUT2D eigenvalue weighted by Gasteiger charge is -2.35. The topological polar surface area (TPSA) is 39.7 Å². The molecule has 1 amide bonds. The van der Waals surface area contributed by atoms with Gasteiger partial charge in [0.05, 0.1) is 17.4 Å². The Balaban J connectivity index is 1.54. The maximum absolute atomic E-state index is 12.6. The molecule has 1 fully saturated rings. The third-order valence-electron chi connectivity index (χ3n) is 5.23. The van der Waals surface area contributed by atoms with Crippen LogP contribution in [0.5, 0.6) is 0 Å². The molecular formula is C23H30N4O. The fourth-order valence-electron chi connectivity index (χ4n) is 3.50. The van der Waals surface area contributed by atoms with E-state index in [-0.39, 0.29) is 5.91 Å². The first kappa shape index (κ1) is 20.1. The fraction of sp³-hybridized carbons (Fsp3) is 0.391. The summed E-state index contributed by atoms with van der Waals surface area (Å²) in [6, 6.07) is 12.4. The van der Waals surface area contributed by atoms with Gasteiger partial charge in [0.2, 0.25) is 0 Å². The minimum Gasteiger partial charge on any atom is -0.368 e. The van der Waals surface area contributed by atoms with Gasteiger partial charge in [-0.3, -0.25) is 14.7 Å². The van der Waals surface area contributed by atoms with E-state index in [0.29, 0.717) is 18.7 Å². The van der Waals surface area contributed by atoms with E-state index < -0.39 is 0 Å². The van der Waals surface area contributed by atoms with Crippen LogP contribution in [0.4, 0.5) is 5.69 Å². The molecule has 0 atom stereocenters. The summed E-state index contributed by atoms with van der Waals surface area (Å²) in [6.45, 7) is 10.3. The van der Waals surface area contributed by atoms with Crippen molar-refractivity contribution in [3.05, 3.63) is 66.0 Å². The number of aromatic nitrogens is 1. The summed E-state index contributed by atoms with van der Waals surface area (Å²) in [6.07, 6.45) is 7.95. The molecule has 0 radical (unpaired) electrons. The van der Waals surface area contributed by atoms with Gasteiger partial charge in [0.1, 0.15) is 0 Å². The second kappa shape index (κ2) is 10.0. The number of hydrogen-bond acceptors (Lipinski definition) is 4. The molecule has 1 saturated heterocycles. The molecule has 1 aliphatic heterocycles. The average Bonchev–Trinajstić information content (AvgIpc) is 2.76. The highest BCUT2D eigenvalue weighted by molar-refractivity contribution is 5.94. The lowest BCUT2D eigenvalue weighted by molar-refractivity contribution is 0.0772. The summed E-state index contributed by atoms with van der Waals surface area (Å²) >= 11 is 0. The maximum Gasteiger partial charge on any atom is 0.255 e. The molecule has 0 spiro atoms. The summed E-state index contributed by atoms with van der Waals surface area (Å²) in [5, 5.41) is 0. The molecule has 1 aromatic carbocycles. The van der Waals surface area contributed by atoms with Crippen LogP contribution < -0.4 is 4.90 Å². The van der Waals surface area contributed by atoms with E-state index >= 15 is 0 Å². The molecule has 3 rings (SSSR count). The highest BCUT2D eigenvalue weighted by atomic mass is 16.2. The molecule has 5 nitrogen and oxygen atoms in total. The second-order valence-corrected chi connectivity index (χ2v) is 7.01. The van der Waals surface area contributed by atoms with Gasteiger partial charge in [-0.05, 0) is 25.5 Å². The normalized spacial score (nSPS) is 15.1. The van der Waals surface area contributed by atoms with Crippen LogP contribution in [0.2, 0.25) is 0 Å². The van der Waals surface area contributed by atoms with E-state index in [0.717, 1.165) is 38.4 Å². The molecule has 0 bridgehead atoms. The number of anilines is 1. The largest absolute Gasteiger partial charge is 0.368 e. The van der Waals surface area contributed by atoms with Crippen molar-refractivity contribution >= 4 is 17.7 Å². The van der Waals surface area contributed by atoms with Crippen molar-refractivity contribution in [2.75, 3.05) is 50.7 Å². The van der Waals surface area contributed by atoms with Crippen LogP contribution in [-0.4, -0.2) is 66.5 Å². The van der Waals surface area contributed by atoms with Gasteiger partial charge in [0.25, 0.3) is 5.91 Å². The number of nitrogens with zero attached hydrogens (tertiary/aromatic N) is 4. The molecule has 28 heavy (non-hydrogen) atoms. The summed E-state index contributed by atoms with van der Waals surface area (Å²) in [7, 11) is 0. The second-order valence-electron chi connectivity index (χ2n) is 7.01. The van der Waals surface area contributed by atoms with E-state index in [2.05, 4.69) is 51.2 Å². The smallest absolute Gasteiger partial charge is 0.255 e. The predicted octanol–water partition coefficient (Wildman–Crippen LogP) is 3.40. The van der Waals surface area contributed by atoms with Crippen molar-refractivity contribution in [3.8, 4) is 0 Å². The van der Waals surface area contributed by atoms with Gasteiger partial charge < -0.3 is 9.80 Å². The fourth-order valence-corrected chi connectivity index (χ4v) is 3.50. The highest BCUT2D eigenvalue weighted by Gasteiger charge is 2.19. The van der Waals surface area contributed by atoms with E-state index in [1.54, 1.807) is 6.20 Å². The monoisotopic (exact) mass is 378 g/mol. The molecule has 2 heterocycles. The van der Waals surface area contributed by atoms with Crippen LogP contribution in [0.3, 0.4) is 0 Å².